The van der Waals surface area contributed by atoms with E-state index in [4.69, 9.17) is 4.74 Å². The maximum atomic E-state index is 11.7. The summed E-state index contributed by atoms with van der Waals surface area (Å²) in [7, 11) is 1.77. The molecule has 4 heteroatoms. The molecule has 0 aromatic carbocycles. The Morgan fingerprint density at radius 3 is 2.26 bits per heavy atom. The molecule has 0 saturated heterocycles. The van der Waals surface area contributed by atoms with Crippen LogP contribution in [0, 0.1) is 5.92 Å². The highest BCUT2D eigenvalue weighted by molar-refractivity contribution is 5.67. The van der Waals surface area contributed by atoms with Crippen molar-refractivity contribution in [3.05, 3.63) is 0 Å². The summed E-state index contributed by atoms with van der Waals surface area (Å²) in [5.41, 5.74) is -0.427. The molecular formula is C15H32N2O2. The van der Waals surface area contributed by atoms with Crippen LogP contribution >= 0.6 is 0 Å². The third-order valence-corrected chi connectivity index (χ3v) is 2.82. The molecule has 0 aromatic heterocycles. The van der Waals surface area contributed by atoms with Crippen LogP contribution in [-0.4, -0.2) is 42.8 Å². The Bertz CT molecular complexity index is 259. The highest BCUT2D eigenvalue weighted by Crippen LogP contribution is 2.09. The van der Waals surface area contributed by atoms with Crippen LogP contribution in [0.15, 0.2) is 0 Å². The van der Waals surface area contributed by atoms with Gasteiger partial charge in [-0.15, -0.1) is 0 Å². The summed E-state index contributed by atoms with van der Waals surface area (Å²) in [5, 5.41) is 3.44. The minimum absolute atomic E-state index is 0.260. The standard InChI is InChI=1S/C15H32N2O2/c1-12(2)8-9-13(3)16-10-11-17(7)14(18)19-15(4,5)6/h12-13,16H,8-11H2,1-7H3. The minimum atomic E-state index is -0.427. The molecule has 0 aliphatic heterocycles. The van der Waals surface area contributed by atoms with Crippen LogP contribution in [0.4, 0.5) is 4.79 Å². The van der Waals surface area contributed by atoms with Gasteiger partial charge in [-0.3, -0.25) is 0 Å². The molecular weight excluding hydrogens is 240 g/mol. The lowest BCUT2D eigenvalue weighted by atomic mass is 10.0. The monoisotopic (exact) mass is 272 g/mol. The number of nitrogens with zero attached hydrogens (tertiary/aromatic N) is 1. The predicted octanol–water partition coefficient (Wildman–Crippen LogP) is 3.27. The fraction of sp³-hybridized carbons (Fsp3) is 0.933. The zero-order valence-corrected chi connectivity index (χ0v) is 13.7. The van der Waals surface area contributed by atoms with Gasteiger partial charge in [0.05, 0.1) is 0 Å². The van der Waals surface area contributed by atoms with Crippen molar-refractivity contribution in [2.75, 3.05) is 20.1 Å². The Morgan fingerprint density at radius 1 is 1.21 bits per heavy atom. The van der Waals surface area contributed by atoms with E-state index in [1.807, 2.05) is 20.8 Å². The van der Waals surface area contributed by atoms with E-state index in [0.717, 1.165) is 12.5 Å². The molecule has 0 radical (unpaired) electrons. The van der Waals surface area contributed by atoms with Gasteiger partial charge in [0.1, 0.15) is 5.60 Å². The molecule has 1 N–H and O–H groups in total. The Labute approximate surface area is 118 Å². The first-order valence-electron chi connectivity index (χ1n) is 7.29. The van der Waals surface area contributed by atoms with E-state index in [2.05, 4.69) is 26.1 Å². The second-order valence-electron chi connectivity index (χ2n) is 6.73. The highest BCUT2D eigenvalue weighted by atomic mass is 16.6. The maximum Gasteiger partial charge on any atom is 0.410 e. The third-order valence-electron chi connectivity index (χ3n) is 2.82. The van der Waals surface area contributed by atoms with Crippen molar-refractivity contribution >= 4 is 6.09 Å². The normalized spacial score (nSPS) is 13.5. The van der Waals surface area contributed by atoms with Gasteiger partial charge in [0.15, 0.2) is 0 Å². The number of ether oxygens (including phenoxy) is 1. The van der Waals surface area contributed by atoms with E-state index in [1.54, 1.807) is 11.9 Å². The first-order valence-corrected chi connectivity index (χ1v) is 7.29. The molecule has 1 atom stereocenters. The Kier molecular flexibility index (Phi) is 8.07. The zero-order valence-electron chi connectivity index (χ0n) is 13.7. The number of rotatable bonds is 7. The summed E-state index contributed by atoms with van der Waals surface area (Å²) >= 11 is 0. The Balaban J connectivity index is 3.79. The summed E-state index contributed by atoms with van der Waals surface area (Å²) in [6.07, 6.45) is 2.15. The van der Waals surface area contributed by atoms with E-state index in [9.17, 15) is 4.79 Å². The lowest BCUT2D eigenvalue weighted by Crippen LogP contribution is -2.39. The number of likely N-dealkylation sites (N-methyl/N-ethyl adjacent to an activating group) is 1. The third kappa shape index (κ3) is 10.8. The van der Waals surface area contributed by atoms with E-state index >= 15 is 0 Å². The molecule has 0 bridgehead atoms. The largest absolute Gasteiger partial charge is 0.444 e. The first kappa shape index (κ1) is 18.2. The van der Waals surface area contributed by atoms with E-state index in [0.29, 0.717) is 12.6 Å². The van der Waals surface area contributed by atoms with Crippen LogP contribution in [0.5, 0.6) is 0 Å². The molecule has 0 aliphatic rings. The molecule has 0 heterocycles. The molecule has 1 amide bonds. The van der Waals surface area contributed by atoms with Crippen molar-refractivity contribution in [3.8, 4) is 0 Å². The molecule has 0 spiro atoms. The van der Waals surface area contributed by atoms with Gasteiger partial charge in [-0.25, -0.2) is 4.79 Å². The van der Waals surface area contributed by atoms with Gasteiger partial charge in [-0.1, -0.05) is 13.8 Å². The van der Waals surface area contributed by atoms with Crippen molar-refractivity contribution in [2.45, 2.75) is 66.0 Å². The van der Waals surface area contributed by atoms with Gasteiger partial charge in [0, 0.05) is 26.2 Å². The molecule has 0 aliphatic carbocycles. The summed E-state index contributed by atoms with van der Waals surface area (Å²) in [6, 6.07) is 0.495. The summed E-state index contributed by atoms with van der Waals surface area (Å²) in [4.78, 5) is 13.3. The van der Waals surface area contributed by atoms with E-state index < -0.39 is 5.60 Å². The average molecular weight is 272 g/mol. The Morgan fingerprint density at radius 2 is 1.79 bits per heavy atom. The average Bonchev–Trinajstić information content (AvgIpc) is 2.23. The predicted molar refractivity (Wildman–Crippen MR) is 80.4 cm³/mol. The molecule has 0 aromatic rings. The molecule has 19 heavy (non-hydrogen) atoms. The summed E-state index contributed by atoms with van der Waals surface area (Å²) in [6.45, 7) is 13.8. The fourth-order valence-electron chi connectivity index (χ4n) is 1.60. The lowest BCUT2D eigenvalue weighted by molar-refractivity contribution is 0.0299. The van der Waals surface area contributed by atoms with Gasteiger partial charge >= 0.3 is 6.09 Å². The van der Waals surface area contributed by atoms with E-state index in [1.165, 1.54) is 12.8 Å². The number of amides is 1. The van der Waals surface area contributed by atoms with Crippen molar-refractivity contribution in [3.63, 3.8) is 0 Å². The first-order chi connectivity index (χ1) is 8.61. The number of nitrogens with one attached hydrogen (secondary N) is 1. The summed E-state index contributed by atoms with van der Waals surface area (Å²) in [5.74, 6) is 0.744. The molecule has 114 valence electrons. The van der Waals surface area contributed by atoms with Gasteiger partial charge in [-0.05, 0) is 46.5 Å². The van der Waals surface area contributed by atoms with Crippen LogP contribution in [0.1, 0.15) is 54.4 Å². The van der Waals surface area contributed by atoms with E-state index in [-0.39, 0.29) is 6.09 Å². The maximum absolute atomic E-state index is 11.7. The van der Waals surface area contributed by atoms with Crippen LogP contribution in [0.25, 0.3) is 0 Å². The second-order valence-corrected chi connectivity index (χ2v) is 6.73. The van der Waals surface area contributed by atoms with Crippen molar-refractivity contribution in [1.82, 2.24) is 10.2 Å². The van der Waals surface area contributed by atoms with Crippen LogP contribution in [-0.2, 0) is 4.74 Å². The van der Waals surface area contributed by atoms with Gasteiger partial charge in [-0.2, -0.15) is 0 Å². The van der Waals surface area contributed by atoms with Crippen LogP contribution in [0.2, 0.25) is 0 Å². The molecule has 1 unspecified atom stereocenters. The highest BCUT2D eigenvalue weighted by Gasteiger charge is 2.19. The number of carbonyl (C=O) groups excluding carboxylic acids is 1. The van der Waals surface area contributed by atoms with Crippen molar-refractivity contribution < 1.29 is 9.53 Å². The van der Waals surface area contributed by atoms with Gasteiger partial charge in [0.25, 0.3) is 0 Å². The molecule has 0 fully saturated rings. The SMILES string of the molecule is CC(C)CCC(C)NCCN(C)C(=O)OC(C)(C)C. The second kappa shape index (κ2) is 8.41. The topological polar surface area (TPSA) is 41.6 Å². The number of hydrogen-bond donors (Lipinski definition) is 1. The molecule has 0 rings (SSSR count). The van der Waals surface area contributed by atoms with Crippen LogP contribution < -0.4 is 5.32 Å². The Hall–Kier alpha value is -0.770. The number of hydrogen-bond acceptors (Lipinski definition) is 3. The smallest absolute Gasteiger partial charge is 0.410 e. The molecule has 4 nitrogen and oxygen atoms in total. The zero-order chi connectivity index (χ0) is 15.1. The van der Waals surface area contributed by atoms with Crippen molar-refractivity contribution in [2.24, 2.45) is 5.92 Å². The quantitative estimate of drug-likeness (QED) is 0.773. The van der Waals surface area contributed by atoms with Crippen LogP contribution in [0.3, 0.4) is 0 Å². The number of carbonyl (C=O) groups is 1. The fourth-order valence-corrected chi connectivity index (χ4v) is 1.60. The lowest BCUT2D eigenvalue weighted by Gasteiger charge is -2.25. The minimum Gasteiger partial charge on any atom is -0.444 e. The van der Waals surface area contributed by atoms with Crippen molar-refractivity contribution in [1.29, 1.82) is 0 Å². The summed E-state index contributed by atoms with van der Waals surface area (Å²) < 4.78 is 5.30. The molecule has 0 saturated carbocycles. The van der Waals surface area contributed by atoms with Gasteiger partial charge in [0.2, 0.25) is 0 Å². The van der Waals surface area contributed by atoms with Gasteiger partial charge < -0.3 is 15.0 Å².